The minimum absolute atomic E-state index is 0.0265. The molecule has 0 aliphatic heterocycles. The minimum atomic E-state index is -0.657. The lowest BCUT2D eigenvalue weighted by Gasteiger charge is -2.07. The number of carbonyl (C=O) groups excluding carboxylic acids is 1. The Morgan fingerprint density at radius 1 is 0.929 bits per heavy atom. The number of hydrogen-bond donors (Lipinski definition) is 1. The molecule has 0 radical (unpaired) electrons. The summed E-state index contributed by atoms with van der Waals surface area (Å²) in [6.07, 6.45) is 0. The maximum Gasteiger partial charge on any atom is 0.365 e. The van der Waals surface area contributed by atoms with Crippen molar-refractivity contribution in [1.29, 1.82) is 0 Å². The highest BCUT2D eigenvalue weighted by atomic mass is 35.5. The van der Waals surface area contributed by atoms with E-state index in [0.717, 1.165) is 5.56 Å². The average Bonchev–Trinajstić information content (AvgIpc) is 2.72. The predicted molar refractivity (Wildman–Crippen MR) is 105 cm³/mol. The van der Waals surface area contributed by atoms with Crippen molar-refractivity contribution in [3.8, 4) is 5.75 Å². The van der Waals surface area contributed by atoms with Gasteiger partial charge in [-0.15, -0.1) is 0 Å². The summed E-state index contributed by atoms with van der Waals surface area (Å²) in [7, 11) is 0. The first-order valence-corrected chi connectivity index (χ1v) is 8.67. The first kappa shape index (κ1) is 19.4. The number of amidine groups is 1. The van der Waals surface area contributed by atoms with E-state index in [2.05, 4.69) is 5.16 Å². The Bertz CT molecular complexity index is 972. The lowest BCUT2D eigenvalue weighted by molar-refractivity contribution is 0.0516. The van der Waals surface area contributed by atoms with Crippen LogP contribution >= 0.6 is 11.6 Å². The highest BCUT2D eigenvalue weighted by Gasteiger charge is 2.08. The Morgan fingerprint density at radius 2 is 1.54 bits per heavy atom. The maximum atomic E-state index is 12.9. The maximum absolute atomic E-state index is 12.9. The third kappa shape index (κ3) is 5.31. The van der Waals surface area contributed by atoms with Crippen LogP contribution in [0.4, 0.5) is 4.39 Å². The molecule has 0 spiro atoms. The summed E-state index contributed by atoms with van der Waals surface area (Å²) in [4.78, 5) is 16.9. The van der Waals surface area contributed by atoms with E-state index < -0.39 is 11.8 Å². The van der Waals surface area contributed by atoms with Crippen molar-refractivity contribution in [3.63, 3.8) is 0 Å². The fourth-order valence-corrected chi connectivity index (χ4v) is 2.38. The molecule has 3 aromatic rings. The Hall–Kier alpha value is -3.38. The summed E-state index contributed by atoms with van der Waals surface area (Å²) in [6.45, 7) is 0.340. The van der Waals surface area contributed by atoms with E-state index in [1.54, 1.807) is 48.5 Å². The molecule has 0 unspecified atom stereocenters. The van der Waals surface area contributed by atoms with Crippen LogP contribution in [0.5, 0.6) is 5.75 Å². The number of hydrogen-bond acceptors (Lipinski definition) is 4. The molecule has 0 aliphatic rings. The van der Waals surface area contributed by atoms with E-state index in [4.69, 9.17) is 26.9 Å². The Labute approximate surface area is 166 Å². The van der Waals surface area contributed by atoms with Crippen LogP contribution in [0.3, 0.4) is 0 Å². The van der Waals surface area contributed by atoms with E-state index in [0.29, 0.717) is 28.5 Å². The fourth-order valence-electron chi connectivity index (χ4n) is 2.25. The van der Waals surface area contributed by atoms with Crippen molar-refractivity contribution < 1.29 is 18.8 Å². The normalized spacial score (nSPS) is 11.1. The molecule has 3 aromatic carbocycles. The molecule has 0 bridgehead atoms. The molecule has 5 nitrogen and oxygen atoms in total. The smallest absolute Gasteiger partial charge is 0.365 e. The molecule has 7 heteroatoms. The molecule has 0 aliphatic carbocycles. The van der Waals surface area contributed by atoms with Crippen molar-refractivity contribution in [2.75, 3.05) is 0 Å². The zero-order valence-corrected chi connectivity index (χ0v) is 15.4. The van der Waals surface area contributed by atoms with Crippen LogP contribution in [0.1, 0.15) is 21.5 Å². The highest BCUT2D eigenvalue weighted by Crippen LogP contribution is 2.17. The number of rotatable bonds is 6. The monoisotopic (exact) mass is 398 g/mol. The zero-order valence-electron chi connectivity index (χ0n) is 14.6. The van der Waals surface area contributed by atoms with Crippen LogP contribution in [0, 0.1) is 5.82 Å². The summed E-state index contributed by atoms with van der Waals surface area (Å²) in [6, 6.07) is 19.1. The molecule has 0 aromatic heterocycles. The van der Waals surface area contributed by atoms with Crippen molar-refractivity contribution in [1.82, 2.24) is 0 Å². The van der Waals surface area contributed by atoms with Crippen molar-refractivity contribution >= 4 is 23.4 Å². The quantitative estimate of drug-likeness (QED) is 0.286. The van der Waals surface area contributed by atoms with Gasteiger partial charge in [-0.05, 0) is 66.2 Å². The summed E-state index contributed by atoms with van der Waals surface area (Å²) >= 11 is 5.83. The largest absolute Gasteiger partial charge is 0.489 e. The molecule has 142 valence electrons. The van der Waals surface area contributed by atoms with Gasteiger partial charge in [0.25, 0.3) is 0 Å². The molecule has 0 heterocycles. The molecule has 0 fully saturated rings. The molecule has 28 heavy (non-hydrogen) atoms. The van der Waals surface area contributed by atoms with Gasteiger partial charge in [0.1, 0.15) is 18.2 Å². The second-order valence-electron chi connectivity index (χ2n) is 5.80. The molecule has 0 amide bonds. The van der Waals surface area contributed by atoms with Gasteiger partial charge in [0, 0.05) is 10.6 Å². The van der Waals surface area contributed by atoms with Crippen LogP contribution in [0.25, 0.3) is 0 Å². The van der Waals surface area contributed by atoms with Crippen molar-refractivity contribution in [2.24, 2.45) is 10.9 Å². The van der Waals surface area contributed by atoms with E-state index in [-0.39, 0.29) is 5.84 Å². The number of halogens is 2. The lowest BCUT2D eigenvalue weighted by Crippen LogP contribution is -2.15. The standard InChI is InChI=1S/C21H16ClFN2O3/c22-17-7-11-19(12-8-17)27-13-14-1-3-16(4-2-14)21(26)28-25-20(24)15-5-9-18(23)10-6-15/h1-12H,13H2,(H2,24,25). The van der Waals surface area contributed by atoms with Crippen molar-refractivity contribution in [3.05, 3.63) is 100 Å². The molecule has 3 rings (SSSR count). The molecule has 0 saturated heterocycles. The molecular formula is C21H16ClFN2O3. The van der Waals surface area contributed by atoms with Gasteiger partial charge in [-0.3, -0.25) is 0 Å². The van der Waals surface area contributed by atoms with Crippen LogP contribution < -0.4 is 10.5 Å². The second kappa shape index (κ2) is 9.01. The summed E-state index contributed by atoms with van der Waals surface area (Å²) in [5.74, 6) is -0.385. The minimum Gasteiger partial charge on any atom is -0.489 e. The van der Waals surface area contributed by atoms with Crippen LogP contribution in [-0.2, 0) is 11.4 Å². The second-order valence-corrected chi connectivity index (χ2v) is 6.24. The van der Waals surface area contributed by atoms with E-state index in [9.17, 15) is 9.18 Å². The van der Waals surface area contributed by atoms with Gasteiger partial charge in [0.2, 0.25) is 0 Å². The number of ether oxygens (including phenoxy) is 1. The fraction of sp³-hybridized carbons (Fsp3) is 0.0476. The van der Waals surface area contributed by atoms with Crippen LogP contribution in [0.15, 0.2) is 78.0 Å². The molecule has 0 atom stereocenters. The van der Waals surface area contributed by atoms with Gasteiger partial charge in [-0.1, -0.05) is 28.9 Å². The third-order valence-electron chi connectivity index (χ3n) is 3.78. The Kier molecular flexibility index (Phi) is 6.24. The van der Waals surface area contributed by atoms with Gasteiger partial charge in [-0.25, -0.2) is 9.18 Å². The van der Waals surface area contributed by atoms with E-state index in [1.807, 2.05) is 0 Å². The molecule has 2 N–H and O–H groups in total. The number of nitrogens with two attached hydrogens (primary N) is 1. The van der Waals surface area contributed by atoms with Crippen molar-refractivity contribution in [2.45, 2.75) is 6.61 Å². The summed E-state index contributed by atoms with van der Waals surface area (Å²) in [5, 5.41) is 4.23. The Balaban J connectivity index is 1.56. The first-order valence-electron chi connectivity index (χ1n) is 8.29. The first-order chi connectivity index (χ1) is 13.5. The van der Waals surface area contributed by atoms with Gasteiger partial charge < -0.3 is 15.3 Å². The van der Waals surface area contributed by atoms with E-state index in [1.165, 1.54) is 24.3 Å². The zero-order chi connectivity index (χ0) is 19.9. The van der Waals surface area contributed by atoms with E-state index >= 15 is 0 Å². The topological polar surface area (TPSA) is 73.9 Å². The lowest BCUT2D eigenvalue weighted by atomic mass is 10.1. The molecular weight excluding hydrogens is 383 g/mol. The highest BCUT2D eigenvalue weighted by molar-refractivity contribution is 6.30. The summed E-state index contributed by atoms with van der Waals surface area (Å²) < 4.78 is 18.5. The number of benzene rings is 3. The number of nitrogens with zero attached hydrogens (tertiary/aromatic N) is 1. The van der Waals surface area contributed by atoms with Gasteiger partial charge >= 0.3 is 5.97 Å². The van der Waals surface area contributed by atoms with Gasteiger partial charge in [0.15, 0.2) is 5.84 Å². The number of carbonyl (C=O) groups is 1. The Morgan fingerprint density at radius 3 is 2.18 bits per heavy atom. The summed E-state index contributed by atoms with van der Waals surface area (Å²) in [5.41, 5.74) is 7.36. The van der Waals surface area contributed by atoms with Gasteiger partial charge in [0.05, 0.1) is 5.56 Å². The third-order valence-corrected chi connectivity index (χ3v) is 4.03. The average molecular weight is 399 g/mol. The van der Waals surface area contributed by atoms with Gasteiger partial charge in [-0.2, -0.15) is 0 Å². The predicted octanol–water partition coefficient (Wildman–Crippen LogP) is 4.54. The SMILES string of the molecule is N/C(=N\OC(=O)c1ccc(COc2ccc(Cl)cc2)cc1)c1ccc(F)cc1. The molecule has 0 saturated carbocycles. The number of oxime groups is 1. The van der Waals surface area contributed by atoms with Crippen LogP contribution in [-0.4, -0.2) is 11.8 Å². The van der Waals surface area contributed by atoms with Crippen LogP contribution in [0.2, 0.25) is 5.02 Å².